The summed E-state index contributed by atoms with van der Waals surface area (Å²) in [7, 11) is 0. The van der Waals surface area contributed by atoms with Crippen LogP contribution in [0, 0.1) is 0 Å². The standard InChI is InChI=1S/C22H21F2NO2S/c1-3-27-21(26)19-18(14-9-15-7-5-4-6-8-15)25-20(28-19)16-10-12-17(13-11-16)22(2,23)24/h4-8,10-13H,3,9,14H2,1-2H3. The van der Waals surface area contributed by atoms with Crippen molar-refractivity contribution in [1.29, 1.82) is 0 Å². The van der Waals surface area contributed by atoms with E-state index in [1.807, 2.05) is 30.3 Å². The predicted molar refractivity (Wildman–Crippen MR) is 107 cm³/mol. The molecule has 0 saturated carbocycles. The molecule has 146 valence electrons. The summed E-state index contributed by atoms with van der Waals surface area (Å²) >= 11 is 1.24. The Labute approximate surface area is 167 Å². The summed E-state index contributed by atoms with van der Waals surface area (Å²) in [6.45, 7) is 2.91. The highest BCUT2D eigenvalue weighted by molar-refractivity contribution is 7.17. The lowest BCUT2D eigenvalue weighted by atomic mass is 10.1. The largest absolute Gasteiger partial charge is 0.462 e. The minimum atomic E-state index is -2.89. The number of carbonyl (C=O) groups is 1. The molecule has 0 aliphatic rings. The fraction of sp³-hybridized carbons (Fsp3) is 0.273. The van der Waals surface area contributed by atoms with Gasteiger partial charge in [0.15, 0.2) is 0 Å². The van der Waals surface area contributed by atoms with Crippen molar-refractivity contribution < 1.29 is 18.3 Å². The Kier molecular flexibility index (Phi) is 6.19. The van der Waals surface area contributed by atoms with Gasteiger partial charge in [0, 0.05) is 18.1 Å². The number of aromatic nitrogens is 1. The highest BCUT2D eigenvalue weighted by Gasteiger charge is 2.24. The molecule has 0 fully saturated rings. The van der Waals surface area contributed by atoms with Crippen LogP contribution in [-0.2, 0) is 23.5 Å². The molecule has 1 aromatic heterocycles. The number of hydrogen-bond donors (Lipinski definition) is 0. The quantitative estimate of drug-likeness (QED) is 0.464. The van der Waals surface area contributed by atoms with E-state index in [9.17, 15) is 13.6 Å². The first-order valence-electron chi connectivity index (χ1n) is 9.08. The number of halogens is 2. The van der Waals surface area contributed by atoms with E-state index in [1.165, 1.54) is 23.5 Å². The van der Waals surface area contributed by atoms with Crippen molar-refractivity contribution in [2.75, 3.05) is 6.61 Å². The summed E-state index contributed by atoms with van der Waals surface area (Å²) in [5.74, 6) is -3.29. The van der Waals surface area contributed by atoms with Crippen molar-refractivity contribution in [2.45, 2.75) is 32.6 Å². The van der Waals surface area contributed by atoms with E-state index in [-0.39, 0.29) is 12.2 Å². The third-order valence-electron chi connectivity index (χ3n) is 4.29. The van der Waals surface area contributed by atoms with Gasteiger partial charge in [-0.3, -0.25) is 0 Å². The number of esters is 1. The average Bonchev–Trinajstić information content (AvgIpc) is 3.11. The zero-order valence-corrected chi connectivity index (χ0v) is 16.6. The van der Waals surface area contributed by atoms with Crippen LogP contribution < -0.4 is 0 Å². The molecular formula is C22H21F2NO2S. The molecule has 6 heteroatoms. The lowest BCUT2D eigenvalue weighted by Crippen LogP contribution is -2.06. The van der Waals surface area contributed by atoms with E-state index in [4.69, 9.17) is 4.74 Å². The van der Waals surface area contributed by atoms with E-state index < -0.39 is 11.9 Å². The van der Waals surface area contributed by atoms with Crippen LogP contribution in [0.25, 0.3) is 10.6 Å². The normalized spacial score (nSPS) is 11.4. The maximum atomic E-state index is 13.4. The molecule has 0 unspecified atom stereocenters. The maximum Gasteiger partial charge on any atom is 0.350 e. The van der Waals surface area contributed by atoms with Gasteiger partial charge in [-0.25, -0.2) is 18.6 Å². The molecule has 0 aliphatic heterocycles. The van der Waals surface area contributed by atoms with Crippen LogP contribution in [0.5, 0.6) is 0 Å². The molecule has 3 rings (SSSR count). The zero-order valence-electron chi connectivity index (χ0n) is 15.7. The minimum Gasteiger partial charge on any atom is -0.462 e. The molecule has 1 heterocycles. The molecule has 0 amide bonds. The van der Waals surface area contributed by atoms with Crippen LogP contribution >= 0.6 is 11.3 Å². The molecule has 3 aromatic rings. The number of carbonyl (C=O) groups excluding carboxylic acids is 1. The molecule has 0 bridgehead atoms. The fourth-order valence-electron chi connectivity index (χ4n) is 2.81. The molecule has 0 saturated heterocycles. The Morgan fingerprint density at radius 3 is 2.36 bits per heavy atom. The smallest absolute Gasteiger partial charge is 0.350 e. The van der Waals surface area contributed by atoms with Crippen LogP contribution in [0.4, 0.5) is 8.78 Å². The molecule has 0 spiro atoms. The number of benzene rings is 2. The monoisotopic (exact) mass is 401 g/mol. The first-order chi connectivity index (χ1) is 13.4. The van der Waals surface area contributed by atoms with Crippen LogP contribution in [-0.4, -0.2) is 17.6 Å². The minimum absolute atomic E-state index is 0.0530. The van der Waals surface area contributed by atoms with Crippen LogP contribution in [0.3, 0.4) is 0 Å². The second-order valence-electron chi connectivity index (χ2n) is 6.47. The van der Waals surface area contributed by atoms with Crippen molar-refractivity contribution >= 4 is 17.3 Å². The predicted octanol–water partition coefficient (Wildman–Crippen LogP) is 5.88. The van der Waals surface area contributed by atoms with Gasteiger partial charge < -0.3 is 4.74 Å². The summed E-state index contributed by atoms with van der Waals surface area (Å²) in [6.07, 6.45) is 1.34. The average molecular weight is 401 g/mol. The van der Waals surface area contributed by atoms with E-state index in [0.717, 1.165) is 18.9 Å². The molecular weight excluding hydrogens is 380 g/mol. The summed E-state index contributed by atoms with van der Waals surface area (Å²) in [5.41, 5.74) is 2.48. The topological polar surface area (TPSA) is 39.2 Å². The first kappa shape index (κ1) is 20.1. The SMILES string of the molecule is CCOC(=O)c1sc(-c2ccc(C(C)(F)F)cc2)nc1CCc1ccccc1. The molecule has 0 atom stereocenters. The highest BCUT2D eigenvalue weighted by Crippen LogP contribution is 2.32. The van der Waals surface area contributed by atoms with Crippen molar-refractivity contribution in [2.24, 2.45) is 0 Å². The van der Waals surface area contributed by atoms with Crippen LogP contribution in [0.2, 0.25) is 0 Å². The summed E-state index contributed by atoms with van der Waals surface area (Å²) in [5, 5.41) is 0.622. The number of rotatable bonds is 7. The van der Waals surface area contributed by atoms with Gasteiger partial charge in [-0.05, 0) is 25.3 Å². The van der Waals surface area contributed by atoms with Crippen LogP contribution in [0.15, 0.2) is 54.6 Å². The van der Waals surface area contributed by atoms with Crippen molar-refractivity contribution in [1.82, 2.24) is 4.98 Å². The highest BCUT2D eigenvalue weighted by atomic mass is 32.1. The van der Waals surface area contributed by atoms with Gasteiger partial charge in [0.05, 0.1) is 12.3 Å². The van der Waals surface area contributed by atoms with Gasteiger partial charge in [-0.2, -0.15) is 0 Å². The van der Waals surface area contributed by atoms with Gasteiger partial charge in [-0.1, -0.05) is 54.6 Å². The summed E-state index contributed by atoms with van der Waals surface area (Å²) < 4.78 is 32.0. The number of thiazole rings is 1. The second-order valence-corrected chi connectivity index (χ2v) is 7.47. The maximum absolute atomic E-state index is 13.4. The van der Waals surface area contributed by atoms with Gasteiger partial charge in [-0.15, -0.1) is 11.3 Å². The Balaban J connectivity index is 1.88. The van der Waals surface area contributed by atoms with E-state index in [0.29, 0.717) is 27.6 Å². The first-order valence-corrected chi connectivity index (χ1v) is 9.89. The Hall–Kier alpha value is -2.60. The number of ether oxygens (including phenoxy) is 1. The van der Waals surface area contributed by atoms with E-state index >= 15 is 0 Å². The van der Waals surface area contributed by atoms with Crippen molar-refractivity contribution in [3.8, 4) is 10.6 Å². The van der Waals surface area contributed by atoms with Crippen molar-refractivity contribution in [3.63, 3.8) is 0 Å². The summed E-state index contributed by atoms with van der Waals surface area (Å²) in [4.78, 5) is 17.4. The molecule has 0 N–H and O–H groups in total. The van der Waals surface area contributed by atoms with Gasteiger partial charge in [0.25, 0.3) is 5.92 Å². The Morgan fingerprint density at radius 2 is 1.75 bits per heavy atom. The number of aryl methyl sites for hydroxylation is 2. The third kappa shape index (κ3) is 4.81. The molecule has 0 radical (unpaired) electrons. The van der Waals surface area contributed by atoms with Gasteiger partial charge >= 0.3 is 5.97 Å². The molecule has 28 heavy (non-hydrogen) atoms. The Morgan fingerprint density at radius 1 is 1.07 bits per heavy atom. The van der Waals surface area contributed by atoms with Gasteiger partial charge in [0.1, 0.15) is 9.88 Å². The Bertz CT molecular complexity index is 931. The number of nitrogens with zero attached hydrogens (tertiary/aromatic N) is 1. The molecule has 0 aliphatic carbocycles. The van der Waals surface area contributed by atoms with E-state index in [2.05, 4.69) is 4.98 Å². The zero-order chi connectivity index (χ0) is 20.1. The molecule has 3 nitrogen and oxygen atoms in total. The summed E-state index contributed by atoms with van der Waals surface area (Å²) in [6, 6.07) is 16.0. The van der Waals surface area contributed by atoms with Crippen LogP contribution in [0.1, 0.15) is 40.3 Å². The fourth-order valence-corrected chi connectivity index (χ4v) is 3.82. The number of alkyl halides is 2. The third-order valence-corrected chi connectivity index (χ3v) is 5.42. The van der Waals surface area contributed by atoms with E-state index in [1.54, 1.807) is 19.1 Å². The number of hydrogen-bond acceptors (Lipinski definition) is 4. The second kappa shape index (κ2) is 8.61. The lowest BCUT2D eigenvalue weighted by Gasteiger charge is -2.10. The van der Waals surface area contributed by atoms with Gasteiger partial charge in [0.2, 0.25) is 0 Å². The lowest BCUT2D eigenvalue weighted by molar-refractivity contribution is 0.0175. The molecule has 2 aromatic carbocycles. The van der Waals surface area contributed by atoms with Crippen molar-refractivity contribution in [3.05, 3.63) is 76.3 Å².